The van der Waals surface area contributed by atoms with Gasteiger partial charge in [0.15, 0.2) is 0 Å². The SMILES string of the molecule is COc1cc(N)ccc1C(=O)NCC1(C(=O)O)CCC1. The Labute approximate surface area is 116 Å². The summed E-state index contributed by atoms with van der Waals surface area (Å²) in [5.41, 5.74) is 5.67. The number of benzene rings is 1. The number of methoxy groups -OCH3 is 1. The molecule has 4 N–H and O–H groups in total. The molecule has 0 aromatic heterocycles. The fraction of sp³-hybridized carbons (Fsp3) is 0.429. The molecule has 0 aliphatic heterocycles. The highest BCUT2D eigenvalue weighted by atomic mass is 16.5. The highest BCUT2D eigenvalue weighted by Crippen LogP contribution is 2.40. The van der Waals surface area contributed by atoms with Gasteiger partial charge in [0.2, 0.25) is 0 Å². The van der Waals surface area contributed by atoms with E-state index in [1.54, 1.807) is 18.2 Å². The Morgan fingerprint density at radius 2 is 2.15 bits per heavy atom. The second kappa shape index (κ2) is 5.40. The lowest BCUT2D eigenvalue weighted by Crippen LogP contribution is -2.47. The van der Waals surface area contributed by atoms with Gasteiger partial charge < -0.3 is 20.9 Å². The lowest BCUT2D eigenvalue weighted by Gasteiger charge is -2.37. The van der Waals surface area contributed by atoms with Crippen molar-refractivity contribution in [1.82, 2.24) is 5.32 Å². The summed E-state index contributed by atoms with van der Waals surface area (Å²) in [6.07, 6.45) is 2.08. The van der Waals surface area contributed by atoms with E-state index in [1.165, 1.54) is 7.11 Å². The van der Waals surface area contributed by atoms with Gasteiger partial charge in [0, 0.05) is 18.3 Å². The first-order valence-electron chi connectivity index (χ1n) is 6.44. The van der Waals surface area contributed by atoms with Gasteiger partial charge in [-0.15, -0.1) is 0 Å². The Hall–Kier alpha value is -2.24. The lowest BCUT2D eigenvalue weighted by molar-refractivity contribution is -0.153. The normalized spacial score (nSPS) is 16.1. The first-order valence-corrected chi connectivity index (χ1v) is 6.44. The van der Waals surface area contributed by atoms with Crippen molar-refractivity contribution in [2.75, 3.05) is 19.4 Å². The van der Waals surface area contributed by atoms with E-state index in [0.29, 0.717) is 29.8 Å². The molecule has 20 heavy (non-hydrogen) atoms. The minimum Gasteiger partial charge on any atom is -0.496 e. The van der Waals surface area contributed by atoms with E-state index in [1.807, 2.05) is 0 Å². The van der Waals surface area contributed by atoms with Crippen LogP contribution in [0.15, 0.2) is 18.2 Å². The number of anilines is 1. The van der Waals surface area contributed by atoms with Gasteiger partial charge in [0.25, 0.3) is 5.91 Å². The molecule has 1 fully saturated rings. The third-order valence-electron chi connectivity index (χ3n) is 3.82. The van der Waals surface area contributed by atoms with E-state index in [0.717, 1.165) is 6.42 Å². The molecule has 6 heteroatoms. The van der Waals surface area contributed by atoms with E-state index in [-0.39, 0.29) is 12.5 Å². The minimum absolute atomic E-state index is 0.134. The highest BCUT2D eigenvalue weighted by Gasteiger charge is 2.44. The Bertz CT molecular complexity index is 538. The molecule has 0 spiro atoms. The van der Waals surface area contributed by atoms with E-state index in [2.05, 4.69) is 5.32 Å². The molecule has 0 saturated heterocycles. The van der Waals surface area contributed by atoms with Crippen LogP contribution < -0.4 is 15.8 Å². The first kappa shape index (κ1) is 14.2. The molecule has 108 valence electrons. The van der Waals surface area contributed by atoms with Crippen LogP contribution >= 0.6 is 0 Å². The van der Waals surface area contributed by atoms with Crippen LogP contribution in [-0.2, 0) is 4.79 Å². The standard InChI is InChI=1S/C14H18N2O4/c1-20-11-7-9(15)3-4-10(11)12(17)16-8-14(13(18)19)5-2-6-14/h3-4,7H,2,5-6,8,15H2,1H3,(H,16,17)(H,18,19). The molecule has 0 bridgehead atoms. The Kier molecular flexibility index (Phi) is 3.83. The van der Waals surface area contributed by atoms with Crippen LogP contribution in [0, 0.1) is 5.41 Å². The summed E-state index contributed by atoms with van der Waals surface area (Å²) in [6.45, 7) is 0.134. The quantitative estimate of drug-likeness (QED) is 0.704. The second-order valence-electron chi connectivity index (χ2n) is 5.08. The molecule has 0 atom stereocenters. The molecule has 0 heterocycles. The third-order valence-corrected chi connectivity index (χ3v) is 3.82. The van der Waals surface area contributed by atoms with Gasteiger partial charge in [-0.05, 0) is 25.0 Å². The van der Waals surface area contributed by atoms with Crippen LogP contribution in [-0.4, -0.2) is 30.6 Å². The number of aliphatic carboxylic acids is 1. The van der Waals surface area contributed by atoms with Crippen LogP contribution in [0.4, 0.5) is 5.69 Å². The Balaban J connectivity index is 2.07. The monoisotopic (exact) mass is 278 g/mol. The molecular weight excluding hydrogens is 260 g/mol. The predicted molar refractivity (Wildman–Crippen MR) is 73.7 cm³/mol. The van der Waals surface area contributed by atoms with Gasteiger partial charge in [0.1, 0.15) is 5.75 Å². The lowest BCUT2D eigenvalue weighted by atomic mass is 9.69. The number of carboxylic acid groups (broad SMARTS) is 1. The van der Waals surface area contributed by atoms with Crippen LogP contribution in [0.5, 0.6) is 5.75 Å². The van der Waals surface area contributed by atoms with Gasteiger partial charge in [-0.2, -0.15) is 0 Å². The van der Waals surface area contributed by atoms with Crippen molar-refractivity contribution >= 4 is 17.6 Å². The molecule has 1 amide bonds. The van der Waals surface area contributed by atoms with Gasteiger partial charge in [-0.3, -0.25) is 9.59 Å². The maximum atomic E-state index is 12.1. The van der Waals surface area contributed by atoms with E-state index < -0.39 is 11.4 Å². The average molecular weight is 278 g/mol. The summed E-state index contributed by atoms with van der Waals surface area (Å²) in [5, 5.41) is 11.9. The van der Waals surface area contributed by atoms with Crippen molar-refractivity contribution in [1.29, 1.82) is 0 Å². The van der Waals surface area contributed by atoms with Crippen LogP contribution in [0.2, 0.25) is 0 Å². The molecule has 1 aromatic carbocycles. The van der Waals surface area contributed by atoms with E-state index in [9.17, 15) is 14.7 Å². The number of nitrogens with one attached hydrogen (secondary N) is 1. The predicted octanol–water partition coefficient (Wildman–Crippen LogP) is 1.26. The molecule has 0 radical (unpaired) electrons. The number of carbonyl (C=O) groups excluding carboxylic acids is 1. The summed E-state index contributed by atoms with van der Waals surface area (Å²) >= 11 is 0. The zero-order valence-electron chi connectivity index (χ0n) is 11.3. The molecule has 6 nitrogen and oxygen atoms in total. The Morgan fingerprint density at radius 1 is 1.45 bits per heavy atom. The average Bonchev–Trinajstić information content (AvgIpc) is 2.36. The number of ether oxygens (including phenoxy) is 1. The summed E-state index contributed by atoms with van der Waals surface area (Å²) < 4.78 is 5.11. The number of carbonyl (C=O) groups is 2. The molecule has 1 aliphatic rings. The third kappa shape index (κ3) is 2.54. The molecule has 0 unspecified atom stereocenters. The number of amides is 1. The molecule has 2 rings (SSSR count). The number of hydrogen-bond donors (Lipinski definition) is 3. The van der Waals surface area contributed by atoms with Crippen molar-refractivity contribution < 1.29 is 19.4 Å². The zero-order valence-corrected chi connectivity index (χ0v) is 11.3. The maximum Gasteiger partial charge on any atom is 0.311 e. The fourth-order valence-corrected chi connectivity index (χ4v) is 2.31. The summed E-state index contributed by atoms with van der Waals surface area (Å²) in [7, 11) is 1.45. The van der Waals surface area contributed by atoms with Crippen LogP contribution in [0.1, 0.15) is 29.6 Å². The van der Waals surface area contributed by atoms with Crippen LogP contribution in [0.3, 0.4) is 0 Å². The van der Waals surface area contributed by atoms with E-state index in [4.69, 9.17) is 10.5 Å². The largest absolute Gasteiger partial charge is 0.496 e. The number of carboxylic acids is 1. The maximum absolute atomic E-state index is 12.1. The van der Waals surface area contributed by atoms with Crippen molar-refractivity contribution in [2.24, 2.45) is 5.41 Å². The molecule has 1 aromatic rings. The zero-order chi connectivity index (χ0) is 14.8. The van der Waals surface area contributed by atoms with Crippen molar-refractivity contribution in [2.45, 2.75) is 19.3 Å². The molecule has 1 aliphatic carbocycles. The second-order valence-corrected chi connectivity index (χ2v) is 5.08. The fourth-order valence-electron chi connectivity index (χ4n) is 2.31. The highest BCUT2D eigenvalue weighted by molar-refractivity contribution is 5.97. The smallest absolute Gasteiger partial charge is 0.311 e. The van der Waals surface area contributed by atoms with Gasteiger partial charge in [-0.1, -0.05) is 6.42 Å². The Morgan fingerprint density at radius 3 is 2.65 bits per heavy atom. The first-order chi connectivity index (χ1) is 9.48. The minimum atomic E-state index is -0.853. The molecular formula is C14H18N2O4. The summed E-state index contributed by atoms with van der Waals surface area (Å²) in [6, 6.07) is 4.73. The van der Waals surface area contributed by atoms with Crippen molar-refractivity contribution in [3.63, 3.8) is 0 Å². The number of nitrogens with two attached hydrogens (primary N) is 1. The number of nitrogen functional groups attached to an aromatic ring is 1. The van der Waals surface area contributed by atoms with Gasteiger partial charge >= 0.3 is 5.97 Å². The molecule has 1 saturated carbocycles. The van der Waals surface area contributed by atoms with Crippen molar-refractivity contribution in [3.05, 3.63) is 23.8 Å². The number of rotatable bonds is 5. The van der Waals surface area contributed by atoms with Gasteiger partial charge in [0.05, 0.1) is 18.1 Å². The van der Waals surface area contributed by atoms with Crippen LogP contribution in [0.25, 0.3) is 0 Å². The topological polar surface area (TPSA) is 102 Å². The van der Waals surface area contributed by atoms with Gasteiger partial charge in [-0.25, -0.2) is 0 Å². The summed E-state index contributed by atoms with van der Waals surface area (Å²) in [5.74, 6) is -0.830. The summed E-state index contributed by atoms with van der Waals surface area (Å²) in [4.78, 5) is 23.3. The number of hydrogen-bond acceptors (Lipinski definition) is 4. The van der Waals surface area contributed by atoms with Crippen molar-refractivity contribution in [3.8, 4) is 5.75 Å². The van der Waals surface area contributed by atoms with E-state index >= 15 is 0 Å².